The van der Waals surface area contributed by atoms with Gasteiger partial charge in [-0.25, -0.2) is 4.90 Å². The normalized spacial score (nSPS) is 28.6. The SMILES string of the molecule is Cc1c(N2C(=O)C3C4C=CC(C4)C3C2=O)ccc2c(C(F)(F)F)cc(=O)[nH]c12. The van der Waals surface area contributed by atoms with Crippen molar-refractivity contribution in [3.05, 3.63) is 51.8 Å². The molecular formula is C20H15F3N2O3. The molecule has 2 heterocycles. The first kappa shape index (κ1) is 17.2. The number of nitrogens with one attached hydrogen (secondary N) is 1. The number of carbonyl (C=O) groups excluding carboxylic acids is 2. The van der Waals surface area contributed by atoms with Crippen LogP contribution in [0.15, 0.2) is 35.1 Å². The third-order valence-electron chi connectivity index (χ3n) is 6.27. The van der Waals surface area contributed by atoms with E-state index < -0.39 is 29.1 Å². The van der Waals surface area contributed by atoms with E-state index in [1.807, 2.05) is 12.2 Å². The lowest BCUT2D eigenvalue weighted by molar-refractivity contribution is -0.136. The lowest BCUT2D eigenvalue weighted by Gasteiger charge is -2.21. The summed E-state index contributed by atoms with van der Waals surface area (Å²) >= 11 is 0. The molecule has 144 valence electrons. The Morgan fingerprint density at radius 1 is 1.04 bits per heavy atom. The van der Waals surface area contributed by atoms with Gasteiger partial charge in [0.15, 0.2) is 0 Å². The fourth-order valence-corrected chi connectivity index (χ4v) is 5.07. The first-order valence-corrected chi connectivity index (χ1v) is 8.98. The highest BCUT2D eigenvalue weighted by Gasteiger charge is 2.59. The zero-order chi connectivity index (χ0) is 20.0. The number of pyridine rings is 1. The number of hydrogen-bond acceptors (Lipinski definition) is 3. The molecule has 1 aliphatic heterocycles. The Morgan fingerprint density at radius 2 is 1.64 bits per heavy atom. The summed E-state index contributed by atoms with van der Waals surface area (Å²) in [5, 5.41) is -0.172. The van der Waals surface area contributed by atoms with Gasteiger partial charge in [-0.1, -0.05) is 18.2 Å². The standard InChI is InChI=1S/C20H15F3N2O3/c1-8-13(5-4-11-12(20(21,22)23)7-14(26)24-17(8)11)25-18(27)15-9-2-3-10(6-9)16(15)19(25)28/h2-5,7,9-10,15-16H,6H2,1H3,(H,24,26). The first-order valence-electron chi connectivity index (χ1n) is 8.98. The predicted octanol–water partition coefficient (Wildman–Crippen LogP) is 3.17. The Balaban J connectivity index is 1.67. The Morgan fingerprint density at radius 3 is 2.21 bits per heavy atom. The lowest BCUT2D eigenvalue weighted by atomic mass is 9.85. The molecular weight excluding hydrogens is 373 g/mol. The van der Waals surface area contributed by atoms with Gasteiger partial charge in [-0.3, -0.25) is 14.4 Å². The molecule has 2 aliphatic carbocycles. The number of carbonyl (C=O) groups is 2. The molecule has 4 unspecified atom stereocenters. The molecule has 5 rings (SSSR count). The van der Waals surface area contributed by atoms with Crippen molar-refractivity contribution in [2.24, 2.45) is 23.7 Å². The van der Waals surface area contributed by atoms with Crippen molar-refractivity contribution in [3.8, 4) is 0 Å². The van der Waals surface area contributed by atoms with E-state index in [1.165, 1.54) is 19.1 Å². The highest BCUT2D eigenvalue weighted by molar-refractivity contribution is 6.23. The average molecular weight is 388 g/mol. The minimum Gasteiger partial charge on any atom is -0.322 e. The molecule has 5 nitrogen and oxygen atoms in total. The van der Waals surface area contributed by atoms with Gasteiger partial charge in [-0.05, 0) is 36.8 Å². The minimum absolute atomic E-state index is 0.0175. The van der Waals surface area contributed by atoms with E-state index in [2.05, 4.69) is 4.98 Å². The molecule has 1 N–H and O–H groups in total. The molecule has 1 saturated heterocycles. The maximum Gasteiger partial charge on any atom is 0.417 e. The maximum atomic E-state index is 13.3. The number of benzene rings is 1. The summed E-state index contributed by atoms with van der Waals surface area (Å²) in [7, 11) is 0. The van der Waals surface area contributed by atoms with Crippen molar-refractivity contribution in [2.45, 2.75) is 19.5 Å². The van der Waals surface area contributed by atoms with Crippen molar-refractivity contribution < 1.29 is 22.8 Å². The molecule has 2 amide bonds. The minimum atomic E-state index is -4.69. The van der Waals surface area contributed by atoms with Gasteiger partial charge >= 0.3 is 6.18 Å². The quantitative estimate of drug-likeness (QED) is 0.603. The fraction of sp³-hybridized carbons (Fsp3) is 0.350. The van der Waals surface area contributed by atoms with Gasteiger partial charge in [-0.15, -0.1) is 0 Å². The average Bonchev–Trinajstić information content (AvgIpc) is 3.29. The van der Waals surface area contributed by atoms with Crippen LogP contribution in [0.4, 0.5) is 18.9 Å². The molecule has 1 aromatic heterocycles. The van der Waals surface area contributed by atoms with Gasteiger partial charge in [-0.2, -0.15) is 13.2 Å². The van der Waals surface area contributed by atoms with Gasteiger partial charge in [0.25, 0.3) is 0 Å². The van der Waals surface area contributed by atoms with E-state index in [-0.39, 0.29) is 45.8 Å². The number of aromatic amines is 1. The molecule has 2 bridgehead atoms. The summed E-state index contributed by atoms with van der Waals surface area (Å²) in [5.41, 5.74) is -1.46. The number of hydrogen-bond donors (Lipinski definition) is 1. The van der Waals surface area contributed by atoms with E-state index in [1.54, 1.807) is 0 Å². The monoisotopic (exact) mass is 388 g/mol. The third-order valence-corrected chi connectivity index (χ3v) is 6.27. The number of H-pyrrole nitrogens is 1. The molecule has 4 atom stereocenters. The van der Waals surface area contributed by atoms with E-state index in [4.69, 9.17) is 0 Å². The summed E-state index contributed by atoms with van der Waals surface area (Å²) in [4.78, 5) is 41.3. The maximum absolute atomic E-state index is 13.3. The van der Waals surface area contributed by atoms with E-state index in [0.717, 1.165) is 11.3 Å². The summed E-state index contributed by atoms with van der Waals surface area (Å²) in [6.07, 6.45) is 0.0446. The Hall–Kier alpha value is -2.90. The smallest absolute Gasteiger partial charge is 0.322 e. The topological polar surface area (TPSA) is 70.2 Å². The van der Waals surface area contributed by atoms with Crippen LogP contribution < -0.4 is 10.5 Å². The predicted molar refractivity (Wildman–Crippen MR) is 94.5 cm³/mol. The highest BCUT2D eigenvalue weighted by Crippen LogP contribution is 2.53. The highest BCUT2D eigenvalue weighted by atomic mass is 19.4. The van der Waals surface area contributed by atoms with Crippen LogP contribution in [0.5, 0.6) is 0 Å². The number of nitrogens with zero attached hydrogens (tertiary/aromatic N) is 1. The van der Waals surface area contributed by atoms with Crippen LogP contribution in [-0.2, 0) is 15.8 Å². The van der Waals surface area contributed by atoms with Gasteiger partial charge in [0.1, 0.15) is 0 Å². The van der Waals surface area contributed by atoms with Crippen LogP contribution in [0, 0.1) is 30.6 Å². The zero-order valence-corrected chi connectivity index (χ0v) is 14.7. The van der Waals surface area contributed by atoms with Crippen molar-refractivity contribution in [1.29, 1.82) is 0 Å². The van der Waals surface area contributed by atoms with Crippen LogP contribution >= 0.6 is 0 Å². The lowest BCUT2D eigenvalue weighted by Crippen LogP contribution is -2.33. The summed E-state index contributed by atoms with van der Waals surface area (Å²) in [5.74, 6) is -1.37. The molecule has 8 heteroatoms. The zero-order valence-electron chi connectivity index (χ0n) is 14.7. The van der Waals surface area contributed by atoms with E-state index in [0.29, 0.717) is 6.07 Å². The van der Waals surface area contributed by atoms with Crippen molar-refractivity contribution in [1.82, 2.24) is 4.98 Å². The van der Waals surface area contributed by atoms with Gasteiger partial charge in [0.2, 0.25) is 17.4 Å². The number of imide groups is 1. The molecule has 1 aromatic carbocycles. The van der Waals surface area contributed by atoms with Gasteiger partial charge in [0, 0.05) is 11.5 Å². The van der Waals surface area contributed by atoms with Crippen LogP contribution in [0.3, 0.4) is 0 Å². The number of amides is 2. The molecule has 28 heavy (non-hydrogen) atoms. The number of fused-ring (bicyclic) bond motifs is 6. The van der Waals surface area contributed by atoms with Crippen molar-refractivity contribution in [2.75, 3.05) is 4.90 Å². The number of aryl methyl sites for hydroxylation is 1. The van der Waals surface area contributed by atoms with Crippen molar-refractivity contribution in [3.63, 3.8) is 0 Å². The molecule has 0 spiro atoms. The molecule has 0 radical (unpaired) electrons. The Labute approximate surface area is 156 Å². The van der Waals surface area contributed by atoms with Gasteiger partial charge in [0.05, 0.1) is 28.6 Å². The third kappa shape index (κ3) is 2.11. The molecule has 1 saturated carbocycles. The van der Waals surface area contributed by atoms with Crippen LogP contribution in [0.2, 0.25) is 0 Å². The number of aromatic nitrogens is 1. The number of alkyl halides is 3. The summed E-state index contributed by atoms with van der Waals surface area (Å²) in [6, 6.07) is 3.08. The van der Waals surface area contributed by atoms with E-state index in [9.17, 15) is 27.6 Å². The van der Waals surface area contributed by atoms with Crippen LogP contribution in [-0.4, -0.2) is 16.8 Å². The number of allylic oxidation sites excluding steroid dienone is 2. The summed E-state index contributed by atoms with van der Waals surface area (Å²) in [6.45, 7) is 1.51. The Kier molecular flexibility index (Phi) is 3.28. The molecule has 3 aliphatic rings. The first-order chi connectivity index (χ1) is 13.2. The Bertz CT molecular complexity index is 1120. The number of halogens is 3. The molecule has 2 fully saturated rings. The second-order valence-electron chi connectivity index (χ2n) is 7.69. The second-order valence-corrected chi connectivity index (χ2v) is 7.69. The van der Waals surface area contributed by atoms with E-state index >= 15 is 0 Å². The second kappa shape index (κ2) is 5.33. The van der Waals surface area contributed by atoms with Crippen LogP contribution in [0.1, 0.15) is 17.5 Å². The number of rotatable bonds is 1. The summed E-state index contributed by atoms with van der Waals surface area (Å²) < 4.78 is 40.0. The number of anilines is 1. The van der Waals surface area contributed by atoms with Crippen LogP contribution in [0.25, 0.3) is 10.9 Å². The van der Waals surface area contributed by atoms with Crippen molar-refractivity contribution >= 4 is 28.4 Å². The van der Waals surface area contributed by atoms with Gasteiger partial charge < -0.3 is 4.98 Å². The molecule has 2 aromatic rings. The largest absolute Gasteiger partial charge is 0.417 e. The fourth-order valence-electron chi connectivity index (χ4n) is 5.07.